The summed E-state index contributed by atoms with van der Waals surface area (Å²) in [4.78, 5) is 3.45. The molecule has 5 nitrogen and oxygen atoms in total. The Labute approximate surface area is 197 Å². The molecule has 0 amide bonds. The van der Waals surface area contributed by atoms with Gasteiger partial charge in [0.05, 0.1) is 5.02 Å². The maximum atomic E-state index is 12.7. The van der Waals surface area contributed by atoms with Crippen LogP contribution in [-0.4, -0.2) is 15.2 Å². The second kappa shape index (κ2) is 9.74. The van der Waals surface area contributed by atoms with Gasteiger partial charge in [-0.1, -0.05) is 59.6 Å². The van der Waals surface area contributed by atoms with Crippen LogP contribution in [0.25, 0.3) is 22.4 Å². The molecule has 0 fully saturated rings. The van der Waals surface area contributed by atoms with Crippen molar-refractivity contribution >= 4 is 29.0 Å². The van der Waals surface area contributed by atoms with Gasteiger partial charge in [0.15, 0.2) is 5.82 Å². The zero-order valence-corrected chi connectivity index (χ0v) is 18.4. The van der Waals surface area contributed by atoms with Crippen LogP contribution >= 0.6 is 23.2 Å². The zero-order chi connectivity index (χ0) is 23.4. The van der Waals surface area contributed by atoms with Crippen LogP contribution in [0.2, 0.25) is 10.0 Å². The predicted molar refractivity (Wildman–Crippen MR) is 123 cm³/mol. The van der Waals surface area contributed by atoms with Crippen molar-refractivity contribution in [1.29, 1.82) is 0 Å². The molecule has 10 heteroatoms. The van der Waals surface area contributed by atoms with Crippen molar-refractivity contribution in [3.8, 4) is 22.4 Å². The van der Waals surface area contributed by atoms with E-state index in [1.165, 1.54) is 12.3 Å². The molecule has 2 N–H and O–H groups in total. The first-order valence-corrected chi connectivity index (χ1v) is 10.5. The third kappa shape index (κ3) is 5.60. The van der Waals surface area contributed by atoms with E-state index in [1.807, 2.05) is 30.3 Å². The summed E-state index contributed by atoms with van der Waals surface area (Å²) in [5.74, 6) is 0.413. The second-order valence-electron chi connectivity index (χ2n) is 7.01. The van der Waals surface area contributed by atoms with E-state index in [9.17, 15) is 13.2 Å². The maximum Gasteiger partial charge on any atom is 0.433 e. The van der Waals surface area contributed by atoms with Gasteiger partial charge >= 0.3 is 6.18 Å². The smallest absolute Gasteiger partial charge is 0.304 e. The van der Waals surface area contributed by atoms with E-state index in [0.717, 1.165) is 22.8 Å². The molecular weight excluding hydrogens is 474 g/mol. The number of benzene rings is 2. The molecule has 0 unspecified atom stereocenters. The molecule has 2 aromatic carbocycles. The van der Waals surface area contributed by atoms with Crippen molar-refractivity contribution in [2.75, 3.05) is 5.43 Å². The molecule has 4 aromatic rings. The summed E-state index contributed by atoms with van der Waals surface area (Å²) in [6.45, 7) is 0.218. The number of rotatable bonds is 6. The number of hydrogen-bond donors (Lipinski definition) is 2. The van der Waals surface area contributed by atoms with E-state index < -0.39 is 11.9 Å². The van der Waals surface area contributed by atoms with Gasteiger partial charge in [0.25, 0.3) is 0 Å². The molecule has 0 radical (unpaired) electrons. The average Bonchev–Trinajstić information content (AvgIpc) is 2.80. The van der Waals surface area contributed by atoms with Gasteiger partial charge in [-0.25, -0.2) is 5.43 Å². The van der Waals surface area contributed by atoms with Crippen LogP contribution in [0, 0.1) is 0 Å². The van der Waals surface area contributed by atoms with Crippen LogP contribution in [0.3, 0.4) is 0 Å². The third-order valence-corrected chi connectivity index (χ3v) is 5.28. The number of halogens is 5. The van der Waals surface area contributed by atoms with Crippen molar-refractivity contribution in [2.45, 2.75) is 12.7 Å². The van der Waals surface area contributed by atoms with E-state index in [1.54, 1.807) is 24.3 Å². The second-order valence-corrected chi connectivity index (χ2v) is 7.85. The molecule has 0 aliphatic carbocycles. The molecule has 0 aliphatic rings. The van der Waals surface area contributed by atoms with Crippen LogP contribution in [0.15, 0.2) is 72.9 Å². The van der Waals surface area contributed by atoms with Gasteiger partial charge < -0.3 is 5.43 Å². The number of aromatic nitrogens is 3. The van der Waals surface area contributed by atoms with Crippen LogP contribution in [0.5, 0.6) is 0 Å². The van der Waals surface area contributed by atoms with E-state index in [4.69, 9.17) is 23.2 Å². The van der Waals surface area contributed by atoms with Gasteiger partial charge in [0, 0.05) is 28.9 Å². The minimum atomic E-state index is -4.47. The first-order chi connectivity index (χ1) is 15.8. The normalized spacial score (nSPS) is 11.4. The molecule has 4 rings (SSSR count). The van der Waals surface area contributed by atoms with Gasteiger partial charge in [-0.15, -0.1) is 10.2 Å². The molecule has 2 heterocycles. The Kier molecular flexibility index (Phi) is 6.78. The molecule has 2 aromatic heterocycles. The van der Waals surface area contributed by atoms with Gasteiger partial charge in [0.1, 0.15) is 11.4 Å². The van der Waals surface area contributed by atoms with Gasteiger partial charge in [0.2, 0.25) is 0 Å². The van der Waals surface area contributed by atoms with Crippen molar-refractivity contribution in [3.05, 3.63) is 94.2 Å². The van der Waals surface area contributed by atoms with Crippen molar-refractivity contribution in [2.24, 2.45) is 0 Å². The highest BCUT2D eigenvalue weighted by Gasteiger charge is 2.31. The molecule has 0 bridgehead atoms. The van der Waals surface area contributed by atoms with Gasteiger partial charge in [-0.05, 0) is 41.5 Å². The Balaban J connectivity index is 1.56. The number of hydrogen-bond acceptors (Lipinski definition) is 5. The summed E-state index contributed by atoms with van der Waals surface area (Å²) >= 11 is 12.4. The van der Waals surface area contributed by atoms with E-state index >= 15 is 0 Å². The highest BCUT2D eigenvalue weighted by Crippen LogP contribution is 2.35. The number of nitrogens with one attached hydrogen (secondary N) is 2. The minimum Gasteiger partial charge on any atom is -0.304 e. The van der Waals surface area contributed by atoms with E-state index in [0.29, 0.717) is 27.1 Å². The maximum absolute atomic E-state index is 12.7. The summed E-state index contributed by atoms with van der Waals surface area (Å²) in [5.41, 5.74) is 8.42. The summed E-state index contributed by atoms with van der Waals surface area (Å²) in [5, 5.41) is 9.71. The molecule has 0 saturated carbocycles. The van der Waals surface area contributed by atoms with Crippen molar-refractivity contribution in [3.63, 3.8) is 0 Å². The fourth-order valence-electron chi connectivity index (χ4n) is 3.09. The van der Waals surface area contributed by atoms with Crippen LogP contribution in [0.4, 0.5) is 19.0 Å². The van der Waals surface area contributed by atoms with Crippen LogP contribution in [-0.2, 0) is 12.7 Å². The Hall–Kier alpha value is -3.20. The Morgan fingerprint density at radius 2 is 1.61 bits per heavy atom. The standard InChI is InChI=1S/C23H16Cl2F3N5/c24-16-8-6-15(7-9-16)18-11-21(32-33-22(18)17-3-1-2-4-19(17)25)31-30-13-14-5-10-20(29-12-14)23(26,27)28/h1-12,30H,13H2,(H,31,32). The lowest BCUT2D eigenvalue weighted by molar-refractivity contribution is -0.141. The fourth-order valence-corrected chi connectivity index (χ4v) is 3.44. The number of hydrazine groups is 1. The molecule has 0 spiro atoms. The topological polar surface area (TPSA) is 62.7 Å². The summed E-state index contributed by atoms with van der Waals surface area (Å²) < 4.78 is 38.0. The lowest BCUT2D eigenvalue weighted by Gasteiger charge is -2.13. The number of anilines is 1. The molecule has 0 saturated heterocycles. The van der Waals surface area contributed by atoms with Gasteiger partial charge in [-0.2, -0.15) is 13.2 Å². The van der Waals surface area contributed by atoms with Crippen LogP contribution in [0.1, 0.15) is 11.3 Å². The largest absolute Gasteiger partial charge is 0.433 e. The Morgan fingerprint density at radius 1 is 0.848 bits per heavy atom. The molecule has 0 atom stereocenters. The predicted octanol–water partition coefficient (Wildman–Crippen LogP) is 6.65. The van der Waals surface area contributed by atoms with E-state index in [2.05, 4.69) is 26.0 Å². The number of nitrogens with zero attached hydrogens (tertiary/aromatic N) is 3. The fraction of sp³-hybridized carbons (Fsp3) is 0.0870. The van der Waals surface area contributed by atoms with E-state index in [-0.39, 0.29) is 6.54 Å². The Morgan fingerprint density at radius 3 is 2.27 bits per heavy atom. The Bertz CT molecular complexity index is 1250. The molecule has 168 valence electrons. The summed E-state index contributed by atoms with van der Waals surface area (Å²) in [6, 6.07) is 18.7. The first kappa shape index (κ1) is 23.0. The average molecular weight is 490 g/mol. The highest BCUT2D eigenvalue weighted by atomic mass is 35.5. The molecule has 33 heavy (non-hydrogen) atoms. The first-order valence-electron chi connectivity index (χ1n) is 9.71. The van der Waals surface area contributed by atoms with Gasteiger partial charge in [-0.3, -0.25) is 4.98 Å². The van der Waals surface area contributed by atoms with Crippen molar-refractivity contribution < 1.29 is 13.2 Å². The summed E-state index contributed by atoms with van der Waals surface area (Å²) in [7, 11) is 0. The lowest BCUT2D eigenvalue weighted by Crippen LogP contribution is -2.22. The third-order valence-electron chi connectivity index (χ3n) is 4.70. The number of alkyl halides is 3. The quantitative estimate of drug-likeness (QED) is 0.297. The minimum absolute atomic E-state index is 0.218. The highest BCUT2D eigenvalue weighted by molar-refractivity contribution is 6.33. The monoisotopic (exact) mass is 489 g/mol. The molecule has 0 aliphatic heterocycles. The number of pyridine rings is 1. The summed E-state index contributed by atoms with van der Waals surface area (Å²) in [6.07, 6.45) is -3.30. The van der Waals surface area contributed by atoms with Crippen LogP contribution < -0.4 is 10.9 Å². The molecular formula is C23H16Cl2F3N5. The SMILES string of the molecule is FC(F)(F)c1ccc(CNNc2cc(-c3ccc(Cl)cc3)c(-c3ccccc3Cl)nn2)cn1. The lowest BCUT2D eigenvalue weighted by atomic mass is 10.00. The zero-order valence-electron chi connectivity index (χ0n) is 16.9. The van der Waals surface area contributed by atoms with Crippen molar-refractivity contribution in [1.82, 2.24) is 20.6 Å².